The third-order valence-electron chi connectivity index (χ3n) is 2.56. The van der Waals surface area contributed by atoms with Crippen LogP contribution >= 0.6 is 0 Å². The highest BCUT2D eigenvalue weighted by Gasteiger charge is 2.02. The summed E-state index contributed by atoms with van der Waals surface area (Å²) < 4.78 is 5.66. The van der Waals surface area contributed by atoms with Crippen molar-refractivity contribution in [1.29, 1.82) is 0 Å². The first-order valence-electron chi connectivity index (χ1n) is 6.01. The average molecular weight is 240 g/mol. The van der Waals surface area contributed by atoms with Gasteiger partial charge in [-0.15, -0.1) is 0 Å². The van der Waals surface area contributed by atoms with Crippen LogP contribution in [0.5, 0.6) is 5.75 Å². The smallest absolute Gasteiger partial charge is 0.150 e. The monoisotopic (exact) mass is 240 g/mol. The summed E-state index contributed by atoms with van der Waals surface area (Å²) in [4.78, 5) is 10.8. The Morgan fingerprint density at radius 2 is 1.67 bits per heavy atom. The van der Waals surface area contributed by atoms with E-state index in [1.165, 1.54) is 0 Å². The van der Waals surface area contributed by atoms with Gasteiger partial charge in [0.2, 0.25) is 0 Å². The lowest BCUT2D eigenvalue weighted by Crippen LogP contribution is -2.05. The summed E-state index contributed by atoms with van der Waals surface area (Å²) in [7, 11) is 0. The van der Waals surface area contributed by atoms with E-state index in [1.54, 1.807) is 6.07 Å². The van der Waals surface area contributed by atoms with E-state index in [1.807, 2.05) is 56.3 Å². The third kappa shape index (κ3) is 2.98. The van der Waals surface area contributed by atoms with Crippen LogP contribution < -0.4 is 4.74 Å². The topological polar surface area (TPSA) is 26.3 Å². The van der Waals surface area contributed by atoms with Crippen molar-refractivity contribution in [3.63, 3.8) is 0 Å². The molecule has 0 atom stereocenters. The highest BCUT2D eigenvalue weighted by Crippen LogP contribution is 2.24. The first kappa shape index (κ1) is 12.4. The number of aldehydes is 1. The number of hydrogen-bond acceptors (Lipinski definition) is 2. The third-order valence-corrected chi connectivity index (χ3v) is 2.56. The number of ether oxygens (including phenoxy) is 1. The first-order valence-corrected chi connectivity index (χ1v) is 6.01. The molecule has 0 saturated carbocycles. The van der Waals surface area contributed by atoms with Crippen molar-refractivity contribution < 1.29 is 9.53 Å². The minimum atomic E-state index is 0.154. The van der Waals surface area contributed by atoms with Crippen LogP contribution in [0.2, 0.25) is 0 Å². The Bertz CT molecular complexity index is 544. The summed E-state index contributed by atoms with van der Waals surface area (Å²) in [6, 6.07) is 15.4. The van der Waals surface area contributed by atoms with Crippen LogP contribution in [0.3, 0.4) is 0 Å². The van der Waals surface area contributed by atoms with Crippen molar-refractivity contribution in [2.45, 2.75) is 20.0 Å². The van der Waals surface area contributed by atoms with Crippen LogP contribution in [0.1, 0.15) is 24.2 Å². The molecule has 0 spiro atoms. The highest BCUT2D eigenvalue weighted by molar-refractivity contribution is 5.79. The second kappa shape index (κ2) is 5.50. The molecule has 92 valence electrons. The predicted octanol–water partition coefficient (Wildman–Crippen LogP) is 3.95. The number of benzene rings is 2. The quantitative estimate of drug-likeness (QED) is 0.756. The molecule has 2 aromatic rings. The van der Waals surface area contributed by atoms with E-state index in [9.17, 15) is 4.79 Å². The summed E-state index contributed by atoms with van der Waals surface area (Å²) in [6.45, 7) is 4.00. The summed E-state index contributed by atoms with van der Waals surface area (Å²) in [5.74, 6) is 0.846. The predicted molar refractivity (Wildman–Crippen MR) is 73.0 cm³/mol. The number of hydrogen-bond donors (Lipinski definition) is 0. The number of carbonyl (C=O) groups excluding carboxylic acids is 1. The largest absolute Gasteiger partial charge is 0.491 e. The van der Waals surface area contributed by atoms with Crippen LogP contribution in [0.15, 0.2) is 48.5 Å². The van der Waals surface area contributed by atoms with Crippen LogP contribution in [0.25, 0.3) is 11.1 Å². The van der Waals surface area contributed by atoms with E-state index in [2.05, 4.69) is 0 Å². The molecule has 2 rings (SSSR count). The number of carbonyl (C=O) groups is 1. The molecule has 0 aliphatic rings. The highest BCUT2D eigenvalue weighted by atomic mass is 16.5. The molecule has 0 aliphatic carbocycles. The zero-order chi connectivity index (χ0) is 13.0. The normalized spacial score (nSPS) is 10.4. The molecule has 0 saturated heterocycles. The fourth-order valence-electron chi connectivity index (χ4n) is 1.81. The van der Waals surface area contributed by atoms with Gasteiger partial charge >= 0.3 is 0 Å². The molecule has 0 heterocycles. The van der Waals surface area contributed by atoms with Crippen molar-refractivity contribution in [2.24, 2.45) is 0 Å². The lowest BCUT2D eigenvalue weighted by molar-refractivity contribution is 0.112. The molecule has 0 amide bonds. The van der Waals surface area contributed by atoms with Crippen LogP contribution in [0.4, 0.5) is 0 Å². The molecule has 2 nitrogen and oxygen atoms in total. The van der Waals surface area contributed by atoms with E-state index in [-0.39, 0.29) is 6.10 Å². The molecular weight excluding hydrogens is 224 g/mol. The maximum absolute atomic E-state index is 10.8. The molecule has 0 aliphatic heterocycles. The Morgan fingerprint density at radius 3 is 2.33 bits per heavy atom. The van der Waals surface area contributed by atoms with E-state index < -0.39 is 0 Å². The van der Waals surface area contributed by atoms with Crippen LogP contribution in [-0.2, 0) is 0 Å². The molecule has 18 heavy (non-hydrogen) atoms. The Labute approximate surface area is 107 Å². The molecule has 2 heteroatoms. The molecule has 0 N–H and O–H groups in total. The summed E-state index contributed by atoms with van der Waals surface area (Å²) >= 11 is 0. The first-order chi connectivity index (χ1) is 8.69. The average Bonchev–Trinajstić information content (AvgIpc) is 2.38. The van der Waals surface area contributed by atoms with Crippen LogP contribution in [0, 0.1) is 0 Å². The van der Waals surface area contributed by atoms with Gasteiger partial charge in [0.25, 0.3) is 0 Å². The molecule has 2 aromatic carbocycles. The minimum absolute atomic E-state index is 0.154. The SMILES string of the molecule is CC(C)Oc1cccc(-c2cccc(C=O)c2)c1. The van der Waals surface area contributed by atoms with Gasteiger partial charge in [0.15, 0.2) is 0 Å². The molecule has 0 unspecified atom stereocenters. The van der Waals surface area contributed by atoms with Crippen molar-refractivity contribution in [1.82, 2.24) is 0 Å². The summed E-state index contributed by atoms with van der Waals surface area (Å²) in [5, 5.41) is 0. The zero-order valence-corrected chi connectivity index (χ0v) is 10.6. The van der Waals surface area contributed by atoms with Gasteiger partial charge in [-0.3, -0.25) is 4.79 Å². The van der Waals surface area contributed by atoms with E-state index >= 15 is 0 Å². The Morgan fingerprint density at radius 1 is 1.00 bits per heavy atom. The second-order valence-corrected chi connectivity index (χ2v) is 4.44. The lowest BCUT2D eigenvalue weighted by atomic mass is 10.0. The van der Waals surface area contributed by atoms with Gasteiger partial charge in [0.05, 0.1) is 6.10 Å². The molecular formula is C16H16O2. The van der Waals surface area contributed by atoms with Crippen molar-refractivity contribution in [2.75, 3.05) is 0 Å². The molecule has 0 radical (unpaired) electrons. The van der Waals surface area contributed by atoms with Crippen LogP contribution in [-0.4, -0.2) is 12.4 Å². The number of rotatable bonds is 4. The maximum atomic E-state index is 10.8. The van der Waals surface area contributed by atoms with Gasteiger partial charge in [-0.1, -0.05) is 30.3 Å². The Balaban J connectivity index is 2.34. The lowest BCUT2D eigenvalue weighted by Gasteiger charge is -2.11. The molecule has 0 fully saturated rings. The standard InChI is InChI=1S/C16H16O2/c1-12(2)18-16-8-4-7-15(10-16)14-6-3-5-13(9-14)11-17/h3-12H,1-2H3. The van der Waals surface area contributed by atoms with Gasteiger partial charge in [-0.2, -0.15) is 0 Å². The van der Waals surface area contributed by atoms with Gasteiger partial charge in [-0.25, -0.2) is 0 Å². The molecule has 0 aromatic heterocycles. The fourth-order valence-corrected chi connectivity index (χ4v) is 1.81. The second-order valence-electron chi connectivity index (χ2n) is 4.44. The Kier molecular flexibility index (Phi) is 3.78. The van der Waals surface area contributed by atoms with Gasteiger partial charge in [-0.05, 0) is 43.2 Å². The molecule has 0 bridgehead atoms. The van der Waals surface area contributed by atoms with E-state index in [0.29, 0.717) is 5.56 Å². The fraction of sp³-hybridized carbons (Fsp3) is 0.188. The van der Waals surface area contributed by atoms with Crippen molar-refractivity contribution >= 4 is 6.29 Å². The van der Waals surface area contributed by atoms with Gasteiger partial charge < -0.3 is 4.74 Å². The van der Waals surface area contributed by atoms with E-state index in [0.717, 1.165) is 23.2 Å². The maximum Gasteiger partial charge on any atom is 0.150 e. The summed E-state index contributed by atoms with van der Waals surface area (Å²) in [5.41, 5.74) is 2.76. The Hall–Kier alpha value is -2.09. The van der Waals surface area contributed by atoms with Crippen molar-refractivity contribution in [3.8, 4) is 16.9 Å². The van der Waals surface area contributed by atoms with Crippen molar-refractivity contribution in [3.05, 3.63) is 54.1 Å². The van der Waals surface area contributed by atoms with Gasteiger partial charge in [0.1, 0.15) is 12.0 Å². The van der Waals surface area contributed by atoms with Gasteiger partial charge in [0, 0.05) is 5.56 Å². The minimum Gasteiger partial charge on any atom is -0.491 e. The summed E-state index contributed by atoms with van der Waals surface area (Å²) in [6.07, 6.45) is 1.01. The zero-order valence-electron chi connectivity index (χ0n) is 10.6. The van der Waals surface area contributed by atoms with E-state index in [4.69, 9.17) is 4.74 Å².